The molecule has 1 aromatic heterocycles. The van der Waals surface area contributed by atoms with Crippen LogP contribution in [0.2, 0.25) is 0 Å². The Labute approximate surface area is 193 Å². The SMILES string of the molecule is C=CCN1C(=O)/C(=C/c2c(C)c(C#N)c(=O)n(CCC)c2N2CCC(C)CC2)SC1=S. The fourth-order valence-corrected chi connectivity index (χ4v) is 5.31. The maximum atomic E-state index is 13.2. The summed E-state index contributed by atoms with van der Waals surface area (Å²) >= 11 is 6.63. The van der Waals surface area contributed by atoms with Gasteiger partial charge in [-0.1, -0.05) is 43.9 Å². The van der Waals surface area contributed by atoms with Crippen molar-refractivity contribution in [2.75, 3.05) is 24.5 Å². The highest BCUT2D eigenvalue weighted by Crippen LogP contribution is 2.36. The van der Waals surface area contributed by atoms with E-state index in [9.17, 15) is 14.9 Å². The lowest BCUT2D eigenvalue weighted by atomic mass is 9.97. The van der Waals surface area contributed by atoms with Crippen LogP contribution < -0.4 is 10.5 Å². The van der Waals surface area contributed by atoms with Crippen LogP contribution in [0.1, 0.15) is 49.8 Å². The van der Waals surface area contributed by atoms with Crippen molar-refractivity contribution >= 4 is 46.1 Å². The number of carbonyl (C=O) groups is 1. The highest BCUT2D eigenvalue weighted by Gasteiger charge is 2.33. The highest BCUT2D eigenvalue weighted by atomic mass is 32.2. The standard InChI is InChI=1S/C23H28N4O2S2/c1-5-9-26-20(25-11-7-15(3)8-12-25)17(16(4)18(14-24)21(26)28)13-19-22(29)27(10-6-2)23(30)31-19/h6,13,15H,2,5,7-12H2,1,3-4H3/b19-13-. The number of nitrogens with zero attached hydrogens (tertiary/aromatic N) is 4. The van der Waals surface area contributed by atoms with Crippen molar-refractivity contribution in [1.29, 1.82) is 5.26 Å². The third-order valence-electron chi connectivity index (χ3n) is 5.84. The minimum Gasteiger partial charge on any atom is -0.357 e. The summed E-state index contributed by atoms with van der Waals surface area (Å²) in [4.78, 5) is 30.4. The Kier molecular flexibility index (Phi) is 7.39. The van der Waals surface area contributed by atoms with Crippen molar-refractivity contribution in [3.8, 4) is 6.07 Å². The summed E-state index contributed by atoms with van der Waals surface area (Å²) in [5, 5.41) is 9.71. The lowest BCUT2D eigenvalue weighted by Gasteiger charge is -2.35. The first-order valence-electron chi connectivity index (χ1n) is 10.6. The van der Waals surface area contributed by atoms with Crippen LogP contribution in [0, 0.1) is 24.2 Å². The monoisotopic (exact) mass is 456 g/mol. The second kappa shape index (κ2) is 9.84. The summed E-state index contributed by atoms with van der Waals surface area (Å²) in [6, 6.07) is 2.09. The Bertz CT molecular complexity index is 1040. The predicted octanol–water partition coefficient (Wildman–Crippen LogP) is 4.06. The average molecular weight is 457 g/mol. The molecule has 3 heterocycles. The van der Waals surface area contributed by atoms with Crippen LogP contribution in [0.15, 0.2) is 22.4 Å². The van der Waals surface area contributed by atoms with Gasteiger partial charge in [-0.2, -0.15) is 5.26 Å². The van der Waals surface area contributed by atoms with Gasteiger partial charge in [0, 0.05) is 31.7 Å². The molecular formula is C23H28N4O2S2. The van der Waals surface area contributed by atoms with Gasteiger partial charge in [0.25, 0.3) is 11.5 Å². The van der Waals surface area contributed by atoms with Gasteiger partial charge in [-0.25, -0.2) is 0 Å². The molecule has 0 atom stereocenters. The molecular weight excluding hydrogens is 428 g/mol. The van der Waals surface area contributed by atoms with Crippen molar-refractivity contribution < 1.29 is 4.79 Å². The number of amides is 1. The quantitative estimate of drug-likeness (QED) is 0.365. The van der Waals surface area contributed by atoms with Gasteiger partial charge in [0.05, 0.1) is 4.91 Å². The zero-order valence-electron chi connectivity index (χ0n) is 18.3. The number of pyridine rings is 1. The molecule has 0 aliphatic carbocycles. The van der Waals surface area contributed by atoms with E-state index < -0.39 is 0 Å². The molecule has 0 saturated carbocycles. The molecule has 2 aliphatic rings. The lowest BCUT2D eigenvalue weighted by molar-refractivity contribution is -0.121. The van der Waals surface area contributed by atoms with E-state index >= 15 is 0 Å². The van der Waals surface area contributed by atoms with E-state index in [4.69, 9.17) is 12.2 Å². The number of anilines is 1. The van der Waals surface area contributed by atoms with Crippen LogP contribution >= 0.6 is 24.0 Å². The number of nitriles is 1. The number of piperidine rings is 1. The molecule has 1 aromatic rings. The van der Waals surface area contributed by atoms with E-state index in [1.165, 1.54) is 16.7 Å². The zero-order chi connectivity index (χ0) is 22.7. The Morgan fingerprint density at radius 3 is 2.58 bits per heavy atom. The van der Waals surface area contributed by atoms with Gasteiger partial charge in [-0.05, 0) is 43.7 Å². The van der Waals surface area contributed by atoms with Crippen LogP contribution in [0.25, 0.3) is 6.08 Å². The summed E-state index contributed by atoms with van der Waals surface area (Å²) in [6.07, 6.45) is 6.32. The van der Waals surface area contributed by atoms with Gasteiger partial charge in [0.15, 0.2) is 0 Å². The molecule has 3 rings (SSSR count). The maximum Gasteiger partial charge on any atom is 0.270 e. The van der Waals surface area contributed by atoms with Gasteiger partial charge in [0.1, 0.15) is 21.8 Å². The van der Waals surface area contributed by atoms with Crippen LogP contribution in [0.3, 0.4) is 0 Å². The fraction of sp³-hybridized carbons (Fsp3) is 0.478. The largest absolute Gasteiger partial charge is 0.357 e. The van der Waals surface area contributed by atoms with E-state index in [0.29, 0.717) is 33.8 Å². The van der Waals surface area contributed by atoms with Crippen molar-refractivity contribution in [2.24, 2.45) is 5.92 Å². The second-order valence-corrected chi connectivity index (χ2v) is 9.73. The molecule has 2 fully saturated rings. The minimum absolute atomic E-state index is 0.135. The van der Waals surface area contributed by atoms with Crippen molar-refractivity contribution in [3.05, 3.63) is 44.6 Å². The zero-order valence-corrected chi connectivity index (χ0v) is 19.9. The molecule has 1 amide bonds. The van der Waals surface area contributed by atoms with Crippen LogP contribution in [0.5, 0.6) is 0 Å². The predicted molar refractivity (Wildman–Crippen MR) is 131 cm³/mol. The number of carbonyl (C=O) groups excluding carboxylic acids is 1. The average Bonchev–Trinajstić information content (AvgIpc) is 3.01. The summed E-state index contributed by atoms with van der Waals surface area (Å²) in [7, 11) is 0. The van der Waals surface area contributed by atoms with Gasteiger partial charge in [-0.15, -0.1) is 6.58 Å². The fourth-order valence-electron chi connectivity index (χ4n) is 4.05. The number of thioether (sulfide) groups is 1. The summed E-state index contributed by atoms with van der Waals surface area (Å²) in [5.41, 5.74) is 1.25. The lowest BCUT2D eigenvalue weighted by Crippen LogP contribution is -2.39. The Morgan fingerprint density at radius 1 is 1.32 bits per heavy atom. The molecule has 0 bridgehead atoms. The molecule has 31 heavy (non-hydrogen) atoms. The van der Waals surface area contributed by atoms with Gasteiger partial charge in [-0.3, -0.25) is 19.1 Å². The normalized spacial score (nSPS) is 18.7. The number of rotatable bonds is 6. The molecule has 2 aliphatic heterocycles. The van der Waals surface area contributed by atoms with E-state index in [1.54, 1.807) is 17.6 Å². The topological polar surface area (TPSA) is 69.3 Å². The first-order valence-corrected chi connectivity index (χ1v) is 11.8. The minimum atomic E-state index is -0.258. The molecule has 0 spiro atoms. The Hall–Kier alpha value is -2.37. The molecule has 164 valence electrons. The van der Waals surface area contributed by atoms with E-state index in [2.05, 4.69) is 24.5 Å². The number of hydrogen-bond donors (Lipinski definition) is 0. The van der Waals surface area contributed by atoms with Crippen molar-refractivity contribution in [2.45, 2.75) is 46.6 Å². The summed E-state index contributed by atoms with van der Waals surface area (Å²) in [6.45, 7) is 12.3. The van der Waals surface area contributed by atoms with Crippen LogP contribution in [-0.2, 0) is 11.3 Å². The van der Waals surface area contributed by atoms with E-state index in [-0.39, 0.29) is 17.0 Å². The van der Waals surface area contributed by atoms with Crippen LogP contribution in [-0.4, -0.2) is 39.3 Å². The maximum absolute atomic E-state index is 13.2. The summed E-state index contributed by atoms with van der Waals surface area (Å²) < 4.78 is 2.21. The van der Waals surface area contributed by atoms with E-state index in [1.807, 2.05) is 13.0 Å². The second-order valence-electron chi connectivity index (χ2n) is 8.06. The molecule has 0 unspecified atom stereocenters. The smallest absolute Gasteiger partial charge is 0.270 e. The molecule has 0 aromatic carbocycles. The molecule has 6 nitrogen and oxygen atoms in total. The third kappa shape index (κ3) is 4.48. The first-order chi connectivity index (χ1) is 14.8. The molecule has 0 N–H and O–H groups in total. The van der Waals surface area contributed by atoms with Gasteiger partial charge < -0.3 is 4.90 Å². The Balaban J connectivity index is 2.23. The van der Waals surface area contributed by atoms with Crippen molar-refractivity contribution in [3.63, 3.8) is 0 Å². The van der Waals surface area contributed by atoms with Crippen molar-refractivity contribution in [1.82, 2.24) is 9.47 Å². The van der Waals surface area contributed by atoms with E-state index in [0.717, 1.165) is 43.7 Å². The third-order valence-corrected chi connectivity index (χ3v) is 7.22. The van der Waals surface area contributed by atoms with Gasteiger partial charge >= 0.3 is 0 Å². The molecule has 8 heteroatoms. The summed E-state index contributed by atoms with van der Waals surface area (Å²) in [5.74, 6) is 1.28. The van der Waals surface area contributed by atoms with Gasteiger partial charge in [0.2, 0.25) is 0 Å². The molecule has 2 saturated heterocycles. The first kappa shape index (κ1) is 23.3. The van der Waals surface area contributed by atoms with Crippen LogP contribution in [0.4, 0.5) is 5.82 Å². The Morgan fingerprint density at radius 2 is 2.00 bits per heavy atom. The number of aromatic nitrogens is 1. The number of hydrogen-bond acceptors (Lipinski definition) is 6. The molecule has 0 radical (unpaired) electrons. The highest BCUT2D eigenvalue weighted by molar-refractivity contribution is 8.26. The number of thiocarbonyl (C=S) groups is 1.